The van der Waals surface area contributed by atoms with Crippen molar-refractivity contribution in [3.05, 3.63) is 64.7 Å². The summed E-state index contributed by atoms with van der Waals surface area (Å²) in [7, 11) is 0. The van der Waals surface area contributed by atoms with Crippen LogP contribution in [-0.4, -0.2) is 12.2 Å². The number of rotatable bonds is 5. The summed E-state index contributed by atoms with van der Waals surface area (Å²) in [4.78, 5) is 15.1. The number of hydrogen-bond donors (Lipinski definition) is 2. The van der Waals surface area contributed by atoms with E-state index in [1.54, 1.807) is 6.07 Å². The highest BCUT2D eigenvalue weighted by Crippen LogP contribution is 2.25. The summed E-state index contributed by atoms with van der Waals surface area (Å²) < 4.78 is 0. The van der Waals surface area contributed by atoms with Crippen molar-refractivity contribution in [2.45, 2.75) is 13.3 Å². The molecule has 0 unspecified atom stereocenters. The first-order valence-corrected chi connectivity index (χ1v) is 6.90. The van der Waals surface area contributed by atoms with Crippen LogP contribution in [0.4, 0.5) is 5.69 Å². The SMILES string of the molecule is CC(=O)NNC=Nc1ccc(Cl)cc1Cc1ccccc1. The van der Waals surface area contributed by atoms with Crippen molar-refractivity contribution in [1.29, 1.82) is 0 Å². The standard InChI is InChI=1S/C16H16ClN3O/c1-12(21)20-19-11-18-16-8-7-15(17)10-14(16)9-13-5-3-2-4-6-13/h2-8,10-11H,9H2,1H3,(H,18,19)(H,20,21). The van der Waals surface area contributed by atoms with E-state index in [0.29, 0.717) is 5.02 Å². The lowest BCUT2D eigenvalue weighted by molar-refractivity contribution is -0.119. The van der Waals surface area contributed by atoms with Gasteiger partial charge < -0.3 is 0 Å². The highest BCUT2D eigenvalue weighted by atomic mass is 35.5. The van der Waals surface area contributed by atoms with Crippen LogP contribution < -0.4 is 10.9 Å². The Balaban J connectivity index is 2.15. The molecule has 0 saturated heterocycles. The van der Waals surface area contributed by atoms with Gasteiger partial charge in [-0.1, -0.05) is 41.9 Å². The normalized spacial score (nSPS) is 10.6. The van der Waals surface area contributed by atoms with Crippen LogP contribution in [0.15, 0.2) is 53.5 Å². The number of benzene rings is 2. The Kier molecular flexibility index (Phi) is 5.35. The molecular formula is C16H16ClN3O. The molecule has 4 nitrogen and oxygen atoms in total. The average Bonchev–Trinajstić information content (AvgIpc) is 2.46. The molecule has 0 radical (unpaired) electrons. The van der Waals surface area contributed by atoms with Gasteiger partial charge in [0.25, 0.3) is 0 Å². The summed E-state index contributed by atoms with van der Waals surface area (Å²) in [5.74, 6) is -0.179. The van der Waals surface area contributed by atoms with Crippen molar-refractivity contribution in [2.24, 2.45) is 4.99 Å². The lowest BCUT2D eigenvalue weighted by Gasteiger charge is -2.07. The molecule has 0 atom stereocenters. The molecule has 108 valence electrons. The van der Waals surface area contributed by atoms with Gasteiger partial charge in [0, 0.05) is 11.9 Å². The number of hydrazine groups is 1. The molecule has 2 aromatic carbocycles. The van der Waals surface area contributed by atoms with Crippen molar-refractivity contribution >= 4 is 29.5 Å². The van der Waals surface area contributed by atoms with E-state index in [2.05, 4.69) is 28.0 Å². The number of aliphatic imine (C=N–C) groups is 1. The van der Waals surface area contributed by atoms with E-state index in [9.17, 15) is 4.79 Å². The van der Waals surface area contributed by atoms with Crippen molar-refractivity contribution in [1.82, 2.24) is 10.9 Å². The summed E-state index contributed by atoms with van der Waals surface area (Å²) >= 11 is 6.06. The van der Waals surface area contributed by atoms with E-state index in [4.69, 9.17) is 11.6 Å². The fourth-order valence-electron chi connectivity index (χ4n) is 1.87. The van der Waals surface area contributed by atoms with Crippen LogP contribution in [0.5, 0.6) is 0 Å². The molecule has 0 heterocycles. The van der Waals surface area contributed by atoms with Crippen LogP contribution in [0.1, 0.15) is 18.1 Å². The molecule has 5 heteroatoms. The number of carbonyl (C=O) groups excluding carboxylic acids is 1. The van der Waals surface area contributed by atoms with Crippen LogP contribution in [-0.2, 0) is 11.2 Å². The maximum absolute atomic E-state index is 10.8. The minimum absolute atomic E-state index is 0.179. The third-order valence-corrected chi connectivity index (χ3v) is 3.03. The van der Waals surface area contributed by atoms with Gasteiger partial charge in [0.05, 0.1) is 5.69 Å². The van der Waals surface area contributed by atoms with Gasteiger partial charge in [-0.2, -0.15) is 0 Å². The molecular weight excluding hydrogens is 286 g/mol. The zero-order valence-electron chi connectivity index (χ0n) is 11.6. The van der Waals surface area contributed by atoms with Crippen LogP contribution in [0.3, 0.4) is 0 Å². The van der Waals surface area contributed by atoms with Gasteiger partial charge in [-0.15, -0.1) is 0 Å². The van der Waals surface area contributed by atoms with Crippen LogP contribution >= 0.6 is 11.6 Å². The molecule has 0 spiro atoms. The van der Waals surface area contributed by atoms with Gasteiger partial charge >= 0.3 is 0 Å². The second kappa shape index (κ2) is 7.45. The summed E-state index contributed by atoms with van der Waals surface area (Å²) in [6.45, 7) is 1.42. The summed E-state index contributed by atoms with van der Waals surface area (Å²) in [6.07, 6.45) is 2.19. The zero-order chi connectivity index (χ0) is 15.1. The number of nitrogens with zero attached hydrogens (tertiary/aromatic N) is 1. The molecule has 0 aliphatic rings. The fourth-order valence-corrected chi connectivity index (χ4v) is 2.07. The number of hydrogen-bond acceptors (Lipinski definition) is 2. The van der Waals surface area contributed by atoms with E-state index >= 15 is 0 Å². The number of carbonyl (C=O) groups is 1. The smallest absolute Gasteiger partial charge is 0.235 e. The van der Waals surface area contributed by atoms with Crippen LogP contribution in [0.25, 0.3) is 0 Å². The number of nitrogens with one attached hydrogen (secondary N) is 2. The Bertz CT molecular complexity index is 641. The Labute approximate surface area is 128 Å². The molecule has 2 aromatic rings. The van der Waals surface area contributed by atoms with Crippen molar-refractivity contribution in [2.75, 3.05) is 0 Å². The zero-order valence-corrected chi connectivity index (χ0v) is 12.4. The Morgan fingerprint density at radius 2 is 2.00 bits per heavy atom. The van der Waals surface area contributed by atoms with Gasteiger partial charge in [0.2, 0.25) is 5.91 Å². The van der Waals surface area contributed by atoms with Crippen molar-refractivity contribution in [3.8, 4) is 0 Å². The highest BCUT2D eigenvalue weighted by Gasteiger charge is 2.03. The highest BCUT2D eigenvalue weighted by molar-refractivity contribution is 6.30. The van der Waals surface area contributed by atoms with Crippen molar-refractivity contribution in [3.63, 3.8) is 0 Å². The summed E-state index contributed by atoms with van der Waals surface area (Å²) in [5.41, 5.74) is 8.06. The third-order valence-electron chi connectivity index (χ3n) is 2.80. The minimum atomic E-state index is -0.179. The Morgan fingerprint density at radius 1 is 1.24 bits per heavy atom. The molecule has 0 fully saturated rings. The quantitative estimate of drug-likeness (QED) is 0.506. The largest absolute Gasteiger partial charge is 0.288 e. The van der Waals surface area contributed by atoms with Gasteiger partial charge in [-0.25, -0.2) is 4.99 Å². The molecule has 2 rings (SSSR count). The molecule has 0 bridgehead atoms. The lowest BCUT2D eigenvalue weighted by Crippen LogP contribution is -2.34. The lowest BCUT2D eigenvalue weighted by atomic mass is 10.0. The molecule has 1 amide bonds. The molecule has 2 N–H and O–H groups in total. The molecule has 0 aliphatic heterocycles. The predicted molar refractivity (Wildman–Crippen MR) is 85.8 cm³/mol. The fraction of sp³-hybridized carbons (Fsp3) is 0.125. The maximum Gasteiger partial charge on any atom is 0.235 e. The Hall–Kier alpha value is -2.33. The first-order chi connectivity index (χ1) is 10.1. The number of amides is 1. The molecule has 0 saturated carbocycles. The van der Waals surface area contributed by atoms with Crippen LogP contribution in [0, 0.1) is 0 Å². The molecule has 0 aromatic heterocycles. The summed E-state index contributed by atoms with van der Waals surface area (Å²) in [5, 5.41) is 0.676. The minimum Gasteiger partial charge on any atom is -0.288 e. The van der Waals surface area contributed by atoms with E-state index < -0.39 is 0 Å². The maximum atomic E-state index is 10.8. The summed E-state index contributed by atoms with van der Waals surface area (Å²) in [6, 6.07) is 15.7. The van der Waals surface area contributed by atoms with Gasteiger partial charge in [0.1, 0.15) is 6.34 Å². The third kappa shape index (κ3) is 4.93. The van der Waals surface area contributed by atoms with E-state index in [1.807, 2.05) is 30.3 Å². The first-order valence-electron chi connectivity index (χ1n) is 6.52. The number of halogens is 1. The van der Waals surface area contributed by atoms with E-state index in [0.717, 1.165) is 17.7 Å². The average molecular weight is 302 g/mol. The van der Waals surface area contributed by atoms with Gasteiger partial charge in [-0.05, 0) is 35.7 Å². The topological polar surface area (TPSA) is 53.5 Å². The van der Waals surface area contributed by atoms with Crippen LogP contribution in [0.2, 0.25) is 5.02 Å². The molecule has 21 heavy (non-hydrogen) atoms. The van der Waals surface area contributed by atoms with Gasteiger partial charge in [0.15, 0.2) is 0 Å². The predicted octanol–water partition coefficient (Wildman–Crippen LogP) is 3.23. The second-order valence-electron chi connectivity index (χ2n) is 4.52. The monoisotopic (exact) mass is 301 g/mol. The van der Waals surface area contributed by atoms with Gasteiger partial charge in [-0.3, -0.25) is 15.6 Å². The molecule has 0 aliphatic carbocycles. The van der Waals surface area contributed by atoms with Crippen molar-refractivity contribution < 1.29 is 4.79 Å². The second-order valence-corrected chi connectivity index (χ2v) is 4.96. The Morgan fingerprint density at radius 3 is 2.71 bits per heavy atom. The first kappa shape index (κ1) is 15.1. The van der Waals surface area contributed by atoms with E-state index in [1.165, 1.54) is 18.8 Å². The van der Waals surface area contributed by atoms with E-state index in [-0.39, 0.29) is 5.91 Å².